The normalized spacial score (nSPS) is 14.6. The Morgan fingerprint density at radius 3 is 1.26 bits per heavy atom. The molecule has 0 unspecified atom stereocenters. The molecule has 0 radical (unpaired) electrons. The largest absolute Gasteiger partial charge is 0.471 e. The Morgan fingerprint density at radius 2 is 0.870 bits per heavy atom. The van der Waals surface area contributed by atoms with Gasteiger partial charge < -0.3 is 8.37 Å². The monoisotopic (exact) mass is 808 g/mol. The van der Waals surface area contributed by atoms with Crippen LogP contribution >= 0.6 is 23.5 Å². The minimum Gasteiger partial charge on any atom is -0.360 e. The van der Waals surface area contributed by atoms with E-state index in [1.165, 1.54) is 35.7 Å². The first-order valence-corrected chi connectivity index (χ1v) is 20.6. The average molecular weight is 809 g/mol. The highest BCUT2D eigenvalue weighted by Crippen LogP contribution is 2.38. The van der Waals surface area contributed by atoms with Crippen LogP contribution in [0.3, 0.4) is 0 Å². The van der Waals surface area contributed by atoms with E-state index in [1.54, 1.807) is 36.4 Å². The van der Waals surface area contributed by atoms with Crippen molar-refractivity contribution in [3.05, 3.63) is 107 Å². The summed E-state index contributed by atoms with van der Waals surface area (Å²) in [5, 5.41) is 2.36. The number of hydrogen-bond donors (Lipinski definition) is 0. The molecular weight excluding hydrogens is 781 g/mol. The van der Waals surface area contributed by atoms with Crippen LogP contribution < -0.4 is 8.37 Å². The second kappa shape index (κ2) is 14.0. The van der Waals surface area contributed by atoms with Crippen molar-refractivity contribution in [2.45, 2.75) is 48.0 Å². The number of rotatable bonds is 12. The Labute approximate surface area is 317 Å². The molecule has 0 N–H and O–H groups in total. The molecule has 14 nitrogen and oxygen atoms in total. The maximum Gasteiger partial charge on any atom is 0.471 e. The number of nitrogens with zero attached hydrogens (tertiary/aromatic N) is 2. The molecule has 2 heterocycles. The Bertz CT molecular complexity index is 2480. The van der Waals surface area contributed by atoms with Crippen LogP contribution in [-0.2, 0) is 29.4 Å². The fraction of sp³-hybridized carbons (Fsp3) is 0.167. The van der Waals surface area contributed by atoms with Crippen molar-refractivity contribution in [3.8, 4) is 11.5 Å². The molecule has 2 aliphatic rings. The van der Waals surface area contributed by atoms with E-state index in [0.29, 0.717) is 31.3 Å². The zero-order valence-electron chi connectivity index (χ0n) is 28.7. The van der Waals surface area contributed by atoms with E-state index < -0.39 is 55.9 Å². The number of benzene rings is 5. The molecule has 278 valence electrons. The molecule has 0 atom stereocenters. The lowest BCUT2D eigenvalue weighted by Crippen LogP contribution is -2.42. The van der Waals surface area contributed by atoms with Gasteiger partial charge in [-0.15, -0.1) is 42.2 Å². The van der Waals surface area contributed by atoms with Gasteiger partial charge in [-0.3, -0.25) is 19.2 Å². The summed E-state index contributed by atoms with van der Waals surface area (Å²) in [5.41, 5.74) is 0.143. The van der Waals surface area contributed by atoms with Crippen LogP contribution in [0.4, 0.5) is 0 Å². The molecule has 2 aliphatic heterocycles. The lowest BCUT2D eigenvalue weighted by atomic mass is 9.95. The summed E-state index contributed by atoms with van der Waals surface area (Å²) >= 11 is 2.93. The predicted octanol–water partition coefficient (Wildman–Crippen LogP) is 6.70. The molecular formula is C36H28N2O12S4. The van der Waals surface area contributed by atoms with Crippen LogP contribution in [-0.4, -0.2) is 61.1 Å². The van der Waals surface area contributed by atoms with Crippen molar-refractivity contribution in [2.24, 2.45) is 0 Å². The number of hydrogen-bond acceptors (Lipinski definition) is 14. The number of amides is 4. The molecule has 0 fully saturated rings. The topological polar surface area (TPSA) is 180 Å². The maximum absolute atomic E-state index is 13.5. The number of thioether (sulfide) groups is 2. The lowest BCUT2D eigenvalue weighted by molar-refractivity contribution is -0.0209. The number of hydroxylamine groups is 4. The maximum atomic E-state index is 13.5. The van der Waals surface area contributed by atoms with Gasteiger partial charge in [-0.25, -0.2) is 0 Å². The first-order chi connectivity index (χ1) is 25.5. The molecule has 0 saturated heterocycles. The van der Waals surface area contributed by atoms with Gasteiger partial charge in [0.2, 0.25) is 0 Å². The van der Waals surface area contributed by atoms with E-state index in [2.05, 4.69) is 0 Å². The Hall–Kier alpha value is -4.98. The average Bonchev–Trinajstić information content (AvgIpc) is 3.08. The van der Waals surface area contributed by atoms with E-state index in [9.17, 15) is 36.0 Å². The van der Waals surface area contributed by atoms with Gasteiger partial charge in [-0.2, -0.15) is 16.8 Å². The molecule has 5 aromatic rings. The van der Waals surface area contributed by atoms with Gasteiger partial charge in [-0.1, -0.05) is 58.0 Å². The van der Waals surface area contributed by atoms with Crippen molar-refractivity contribution >= 4 is 89.5 Å². The van der Waals surface area contributed by atoms with Gasteiger partial charge >= 0.3 is 20.8 Å². The third-order valence-electron chi connectivity index (χ3n) is 7.84. The smallest absolute Gasteiger partial charge is 0.360 e. The number of imide groups is 2. The minimum absolute atomic E-state index is 0.0275. The molecule has 0 spiro atoms. The highest BCUT2D eigenvalue weighted by atomic mass is 32.3. The van der Waals surface area contributed by atoms with Gasteiger partial charge in [0, 0.05) is 37.1 Å². The summed E-state index contributed by atoms with van der Waals surface area (Å²) in [6.45, 7) is 7.84. The second-order valence-electron chi connectivity index (χ2n) is 12.5. The van der Waals surface area contributed by atoms with Crippen molar-refractivity contribution in [1.29, 1.82) is 0 Å². The zero-order chi connectivity index (χ0) is 38.7. The van der Waals surface area contributed by atoms with Crippen molar-refractivity contribution in [1.82, 2.24) is 10.1 Å². The van der Waals surface area contributed by atoms with Crippen LogP contribution in [0.1, 0.15) is 69.1 Å². The number of carbonyl (C=O) groups is 4. The van der Waals surface area contributed by atoms with Crippen LogP contribution in [0.2, 0.25) is 0 Å². The molecule has 54 heavy (non-hydrogen) atoms. The summed E-state index contributed by atoms with van der Waals surface area (Å²) < 4.78 is 71.9. The summed E-state index contributed by atoms with van der Waals surface area (Å²) in [4.78, 5) is 55.0. The summed E-state index contributed by atoms with van der Waals surface area (Å²) in [6.07, 6.45) is 0. The van der Waals surface area contributed by atoms with Gasteiger partial charge in [0.1, 0.15) is 11.5 Å². The molecule has 0 bridgehead atoms. The van der Waals surface area contributed by atoms with Crippen LogP contribution in [0.15, 0.2) is 94.7 Å². The highest BCUT2D eigenvalue weighted by molar-refractivity contribution is 8.00. The standard InChI is InChI=1S/C36H28N2O12S4/c1-19(2)51-25-14-21-8-5-12-27-31(21)29(17-25)35(41)37(33(27)39)49-53(43,44)47-23-10-7-11-24(16-23)48-54(45,46)50-38-34(40)28-13-6-9-22-15-26(52-20(3)4)18-30(32(22)28)36(38)42/h5-20H,1-4H3. The SMILES string of the molecule is CC(C)Sc1cc2c3c(cccc3c1)C(=O)N(OS(=O)(=O)Oc1cccc(OS(=O)(=O)ON3C(=O)c4cccc5cc(SC(C)C)cc(c45)C3=O)c1)C2=O. The summed E-state index contributed by atoms with van der Waals surface area (Å²) in [6, 6.07) is 20.4. The molecule has 0 aliphatic carbocycles. The Kier molecular flexibility index (Phi) is 9.69. The molecule has 0 aromatic heterocycles. The number of carbonyl (C=O) groups excluding carboxylic acids is 4. The van der Waals surface area contributed by atoms with Gasteiger partial charge in [0.15, 0.2) is 0 Å². The Morgan fingerprint density at radius 1 is 0.500 bits per heavy atom. The third kappa shape index (κ3) is 7.27. The van der Waals surface area contributed by atoms with E-state index >= 15 is 0 Å². The summed E-state index contributed by atoms with van der Waals surface area (Å²) in [5.74, 6) is -5.30. The fourth-order valence-corrected chi connectivity index (χ4v) is 9.19. The second-order valence-corrected chi connectivity index (χ2v) is 18.1. The van der Waals surface area contributed by atoms with Crippen molar-refractivity contribution in [3.63, 3.8) is 0 Å². The van der Waals surface area contributed by atoms with Gasteiger partial charge in [-0.05, 0) is 59.3 Å². The quantitative estimate of drug-likeness (QED) is 0.0960. The van der Waals surface area contributed by atoms with E-state index in [0.717, 1.165) is 24.3 Å². The molecule has 5 aromatic carbocycles. The highest BCUT2D eigenvalue weighted by Gasteiger charge is 2.40. The van der Waals surface area contributed by atoms with Gasteiger partial charge in [0.25, 0.3) is 23.6 Å². The van der Waals surface area contributed by atoms with E-state index in [4.69, 9.17) is 16.9 Å². The molecule has 0 saturated carbocycles. The van der Waals surface area contributed by atoms with Crippen molar-refractivity contribution in [2.75, 3.05) is 0 Å². The summed E-state index contributed by atoms with van der Waals surface area (Å²) in [7, 11) is -10.4. The van der Waals surface area contributed by atoms with Crippen molar-refractivity contribution < 1.29 is 52.9 Å². The molecule has 4 amide bonds. The van der Waals surface area contributed by atoms with Crippen LogP contribution in [0.5, 0.6) is 11.5 Å². The van der Waals surface area contributed by atoms with Gasteiger partial charge in [0.05, 0.1) is 22.3 Å². The van der Waals surface area contributed by atoms with Crippen LogP contribution in [0.25, 0.3) is 21.5 Å². The first-order valence-electron chi connectivity index (χ1n) is 16.1. The third-order valence-corrected chi connectivity index (χ3v) is 11.3. The Balaban J connectivity index is 1.08. The fourth-order valence-electron chi connectivity index (χ4n) is 5.96. The lowest BCUT2D eigenvalue weighted by Gasteiger charge is -2.25. The van der Waals surface area contributed by atoms with Crippen LogP contribution in [0, 0.1) is 0 Å². The van der Waals surface area contributed by atoms with E-state index in [1.807, 2.05) is 39.8 Å². The van der Waals surface area contributed by atoms with E-state index in [-0.39, 0.29) is 42.9 Å². The predicted molar refractivity (Wildman–Crippen MR) is 199 cm³/mol. The first kappa shape index (κ1) is 37.3. The molecule has 7 rings (SSSR count). The minimum atomic E-state index is -5.21. The molecule has 18 heteroatoms. The zero-order valence-corrected chi connectivity index (χ0v) is 31.9.